The third kappa shape index (κ3) is 3.96. The SMILES string of the molecule is NC(=O)c1sc(-c2cncc(F)c2)cc1[C@@H](C(=O)N1C[C@H](Cl)[C@H]2OCC(=O)[C@H]21)C1CCCC1. The fraction of sp³-hybridized carbons (Fsp3) is 0.478. The second-order valence-electron chi connectivity index (χ2n) is 8.87. The van der Waals surface area contributed by atoms with Gasteiger partial charge in [-0.2, -0.15) is 0 Å². The number of fused-ring (bicyclic) bond motifs is 1. The maximum Gasteiger partial charge on any atom is 0.259 e. The van der Waals surface area contributed by atoms with Gasteiger partial charge < -0.3 is 15.4 Å². The zero-order valence-corrected chi connectivity index (χ0v) is 19.3. The Balaban J connectivity index is 1.58. The molecule has 174 valence electrons. The molecule has 5 rings (SSSR count). The number of alkyl halides is 1. The van der Waals surface area contributed by atoms with Gasteiger partial charge in [0, 0.05) is 23.2 Å². The molecular formula is C23H23ClFN3O4S. The molecule has 2 aromatic rings. The Hall–Kier alpha value is -2.36. The molecule has 2 N–H and O–H groups in total. The fourth-order valence-corrected chi connectivity index (χ4v) is 6.80. The van der Waals surface area contributed by atoms with Crippen LogP contribution in [-0.2, 0) is 14.3 Å². The Bertz CT molecular complexity index is 1120. The number of nitrogens with two attached hydrogens (primary N) is 1. The van der Waals surface area contributed by atoms with Crippen LogP contribution in [-0.4, -0.2) is 58.2 Å². The first-order valence-corrected chi connectivity index (χ1v) is 12.2. The lowest BCUT2D eigenvalue weighted by atomic mass is 9.83. The van der Waals surface area contributed by atoms with Gasteiger partial charge in [0.2, 0.25) is 5.91 Å². The largest absolute Gasteiger partial charge is 0.366 e. The number of amides is 2. The molecule has 33 heavy (non-hydrogen) atoms. The van der Waals surface area contributed by atoms with Crippen LogP contribution in [0.15, 0.2) is 24.5 Å². The molecule has 0 bridgehead atoms. The van der Waals surface area contributed by atoms with E-state index in [-0.39, 0.29) is 35.6 Å². The van der Waals surface area contributed by atoms with Crippen LogP contribution in [0, 0.1) is 11.7 Å². The van der Waals surface area contributed by atoms with Crippen molar-refractivity contribution in [1.29, 1.82) is 0 Å². The number of thiophene rings is 1. The van der Waals surface area contributed by atoms with Crippen LogP contribution in [0.4, 0.5) is 4.39 Å². The quantitative estimate of drug-likeness (QED) is 0.647. The van der Waals surface area contributed by atoms with E-state index < -0.39 is 35.2 Å². The van der Waals surface area contributed by atoms with Crippen molar-refractivity contribution in [3.63, 3.8) is 0 Å². The lowest BCUT2D eigenvalue weighted by molar-refractivity contribution is -0.138. The molecule has 3 aliphatic rings. The molecule has 0 aromatic carbocycles. The number of ether oxygens (including phenoxy) is 1. The molecular weight excluding hydrogens is 469 g/mol. The van der Waals surface area contributed by atoms with Crippen LogP contribution in [0.5, 0.6) is 0 Å². The molecule has 7 nitrogen and oxygen atoms in total. The van der Waals surface area contributed by atoms with E-state index in [2.05, 4.69) is 4.98 Å². The van der Waals surface area contributed by atoms with Crippen molar-refractivity contribution in [1.82, 2.24) is 9.88 Å². The van der Waals surface area contributed by atoms with Crippen molar-refractivity contribution in [3.8, 4) is 10.4 Å². The first-order chi connectivity index (χ1) is 15.8. The van der Waals surface area contributed by atoms with Gasteiger partial charge >= 0.3 is 0 Å². The van der Waals surface area contributed by atoms with Gasteiger partial charge in [0.1, 0.15) is 24.6 Å². The number of nitrogens with zero attached hydrogens (tertiary/aromatic N) is 2. The average molecular weight is 492 g/mol. The molecule has 4 atom stereocenters. The summed E-state index contributed by atoms with van der Waals surface area (Å²) >= 11 is 7.55. The number of pyridine rings is 1. The van der Waals surface area contributed by atoms with Crippen molar-refractivity contribution in [2.75, 3.05) is 13.2 Å². The number of aromatic nitrogens is 1. The van der Waals surface area contributed by atoms with Crippen LogP contribution >= 0.6 is 22.9 Å². The third-order valence-corrected chi connectivity index (χ3v) is 8.45. The number of Topliss-reactive ketones (excluding diaryl/α,β-unsaturated/α-hetero) is 1. The summed E-state index contributed by atoms with van der Waals surface area (Å²) in [5.74, 6) is -2.16. The van der Waals surface area contributed by atoms with E-state index in [1.807, 2.05) is 0 Å². The summed E-state index contributed by atoms with van der Waals surface area (Å²) in [5.41, 5.74) is 6.76. The number of carbonyl (C=O) groups is 3. The van der Waals surface area contributed by atoms with Crippen LogP contribution in [0.2, 0.25) is 0 Å². The Labute approximate surface area is 199 Å². The van der Waals surface area contributed by atoms with E-state index in [1.165, 1.54) is 17.2 Å². The van der Waals surface area contributed by atoms with E-state index in [0.29, 0.717) is 16.0 Å². The van der Waals surface area contributed by atoms with E-state index in [9.17, 15) is 18.8 Å². The average Bonchev–Trinajstić information content (AvgIpc) is 3.56. The number of rotatable bonds is 5. The summed E-state index contributed by atoms with van der Waals surface area (Å²) in [7, 11) is 0. The summed E-state index contributed by atoms with van der Waals surface area (Å²) < 4.78 is 19.3. The summed E-state index contributed by atoms with van der Waals surface area (Å²) in [6.07, 6.45) is 5.72. The van der Waals surface area contributed by atoms with Gasteiger partial charge in [-0.05, 0) is 36.5 Å². The third-order valence-electron chi connectivity index (χ3n) is 6.85. The molecule has 2 aliphatic heterocycles. The van der Waals surface area contributed by atoms with Gasteiger partial charge in [-0.1, -0.05) is 12.8 Å². The molecule has 0 radical (unpaired) electrons. The smallest absolute Gasteiger partial charge is 0.259 e. The lowest BCUT2D eigenvalue weighted by Crippen LogP contribution is -2.45. The van der Waals surface area contributed by atoms with Gasteiger partial charge in [0.15, 0.2) is 5.78 Å². The Morgan fingerprint density at radius 3 is 2.73 bits per heavy atom. The van der Waals surface area contributed by atoms with Gasteiger partial charge in [0.25, 0.3) is 5.91 Å². The zero-order valence-electron chi connectivity index (χ0n) is 17.7. The van der Waals surface area contributed by atoms with Gasteiger partial charge in [-0.25, -0.2) is 4.39 Å². The summed E-state index contributed by atoms with van der Waals surface area (Å²) in [6, 6.07) is 2.38. The van der Waals surface area contributed by atoms with E-state index >= 15 is 0 Å². The van der Waals surface area contributed by atoms with Crippen LogP contribution in [0.1, 0.15) is 46.8 Å². The lowest BCUT2D eigenvalue weighted by Gasteiger charge is -2.30. The zero-order chi connectivity index (χ0) is 23.3. The standard InChI is InChI=1S/C23H23ClFN3O4S/c24-15-9-28(19-16(29)10-32-20(15)19)23(31)18(11-3-1-2-4-11)14-6-17(33-21(14)22(26)30)12-5-13(25)8-27-7-12/h5-8,11,15,18-20H,1-4,9-10H2,(H2,26,30)/t15-,18-,19+,20+/m0/s1. The van der Waals surface area contributed by atoms with Crippen molar-refractivity contribution in [2.45, 2.75) is 49.1 Å². The first-order valence-electron chi connectivity index (χ1n) is 11.0. The highest BCUT2D eigenvalue weighted by atomic mass is 35.5. The minimum atomic E-state index is -0.702. The maximum atomic E-state index is 14.0. The minimum Gasteiger partial charge on any atom is -0.366 e. The molecule has 0 unspecified atom stereocenters. The summed E-state index contributed by atoms with van der Waals surface area (Å²) in [5, 5.41) is -0.471. The number of hydrogen-bond acceptors (Lipinski definition) is 6. The number of likely N-dealkylation sites (tertiary alicyclic amines) is 1. The van der Waals surface area contributed by atoms with Crippen molar-refractivity contribution < 1.29 is 23.5 Å². The predicted molar refractivity (Wildman–Crippen MR) is 121 cm³/mol. The van der Waals surface area contributed by atoms with Gasteiger partial charge in [-0.15, -0.1) is 22.9 Å². The molecule has 2 saturated heterocycles. The number of halogens is 2. The number of hydrogen-bond donors (Lipinski definition) is 1. The molecule has 0 spiro atoms. The predicted octanol–water partition coefficient (Wildman–Crippen LogP) is 3.11. The monoisotopic (exact) mass is 491 g/mol. The van der Waals surface area contributed by atoms with E-state index in [0.717, 1.165) is 43.2 Å². The van der Waals surface area contributed by atoms with E-state index in [1.54, 1.807) is 6.07 Å². The van der Waals surface area contributed by atoms with Crippen molar-refractivity contribution in [3.05, 3.63) is 40.8 Å². The van der Waals surface area contributed by atoms with Crippen LogP contribution < -0.4 is 5.73 Å². The maximum absolute atomic E-state index is 14.0. The van der Waals surface area contributed by atoms with Crippen LogP contribution in [0.3, 0.4) is 0 Å². The Kier molecular flexibility index (Phi) is 5.96. The molecule has 2 aromatic heterocycles. The Morgan fingerprint density at radius 1 is 1.27 bits per heavy atom. The molecule has 2 amide bonds. The van der Waals surface area contributed by atoms with E-state index in [4.69, 9.17) is 22.1 Å². The van der Waals surface area contributed by atoms with Gasteiger partial charge in [-0.3, -0.25) is 19.4 Å². The minimum absolute atomic E-state index is 0.00827. The highest BCUT2D eigenvalue weighted by Gasteiger charge is 2.53. The normalized spacial score (nSPS) is 26.1. The number of primary amides is 1. The topological polar surface area (TPSA) is 103 Å². The molecule has 4 heterocycles. The Morgan fingerprint density at radius 2 is 2.03 bits per heavy atom. The number of carbonyl (C=O) groups excluding carboxylic acids is 3. The second kappa shape index (κ2) is 8.77. The van der Waals surface area contributed by atoms with Crippen LogP contribution in [0.25, 0.3) is 10.4 Å². The highest BCUT2D eigenvalue weighted by Crippen LogP contribution is 2.45. The highest BCUT2D eigenvalue weighted by molar-refractivity contribution is 7.17. The summed E-state index contributed by atoms with van der Waals surface area (Å²) in [6.45, 7) is 0.152. The van der Waals surface area contributed by atoms with Gasteiger partial charge in [0.05, 0.1) is 22.4 Å². The fourth-order valence-electron chi connectivity index (χ4n) is 5.40. The molecule has 10 heteroatoms. The van der Waals surface area contributed by atoms with Crippen molar-refractivity contribution in [2.24, 2.45) is 11.7 Å². The molecule has 3 fully saturated rings. The molecule has 1 saturated carbocycles. The van der Waals surface area contributed by atoms with Crippen molar-refractivity contribution >= 4 is 40.5 Å². The molecule has 1 aliphatic carbocycles. The summed E-state index contributed by atoms with van der Waals surface area (Å²) in [4.78, 5) is 45.2. The second-order valence-corrected chi connectivity index (χ2v) is 10.5. The number of ketones is 1. The first kappa shape index (κ1) is 22.4.